The van der Waals surface area contributed by atoms with E-state index in [1.54, 1.807) is 0 Å². The maximum Gasteiger partial charge on any atom is 0.469 e. The van der Waals surface area contributed by atoms with Crippen molar-refractivity contribution in [1.82, 2.24) is 0 Å². The number of esters is 2. The second kappa shape index (κ2) is 25.8. The number of carbonyl (C=O) groups is 2. The fourth-order valence-electron chi connectivity index (χ4n) is 3.73. The van der Waals surface area contributed by atoms with Gasteiger partial charge >= 0.3 is 19.8 Å². The number of allylic oxidation sites excluding steroid dienone is 4. The molecular formula is C29H53O8P. The molecule has 0 aliphatic rings. The molecule has 1 atom stereocenters. The lowest BCUT2D eigenvalue weighted by Crippen LogP contribution is -2.29. The van der Waals surface area contributed by atoms with E-state index >= 15 is 0 Å². The molecule has 0 heterocycles. The van der Waals surface area contributed by atoms with Crippen molar-refractivity contribution in [3.05, 3.63) is 24.3 Å². The van der Waals surface area contributed by atoms with Gasteiger partial charge in [-0.25, -0.2) is 4.57 Å². The van der Waals surface area contributed by atoms with Crippen LogP contribution >= 0.6 is 7.82 Å². The van der Waals surface area contributed by atoms with Crippen LogP contribution in [0.15, 0.2) is 24.3 Å². The van der Waals surface area contributed by atoms with Crippen molar-refractivity contribution < 1.29 is 37.9 Å². The second-order valence-electron chi connectivity index (χ2n) is 9.73. The van der Waals surface area contributed by atoms with Gasteiger partial charge in [0.05, 0.1) is 6.61 Å². The fraction of sp³-hybridized carbons (Fsp3) is 0.793. The molecule has 0 amide bonds. The highest BCUT2D eigenvalue weighted by Gasteiger charge is 2.22. The molecule has 222 valence electrons. The smallest absolute Gasteiger partial charge is 0.462 e. The SMILES string of the molecule is CCCCCC/C=C\C/C=C\CCCCCCCCCC(=O)OC(COC(=O)CCCC)COP(=O)(O)O. The van der Waals surface area contributed by atoms with Crippen LogP contribution in [0.4, 0.5) is 0 Å². The number of unbranched alkanes of at least 4 members (excludes halogenated alkanes) is 12. The predicted molar refractivity (Wildman–Crippen MR) is 152 cm³/mol. The highest BCUT2D eigenvalue weighted by atomic mass is 31.2. The Labute approximate surface area is 230 Å². The van der Waals surface area contributed by atoms with E-state index in [-0.39, 0.29) is 19.4 Å². The summed E-state index contributed by atoms with van der Waals surface area (Å²) in [5, 5.41) is 0. The zero-order valence-electron chi connectivity index (χ0n) is 23.8. The number of hydrogen-bond donors (Lipinski definition) is 2. The highest BCUT2D eigenvalue weighted by molar-refractivity contribution is 7.46. The largest absolute Gasteiger partial charge is 0.469 e. The third-order valence-electron chi connectivity index (χ3n) is 5.97. The Morgan fingerprint density at radius 2 is 1.21 bits per heavy atom. The summed E-state index contributed by atoms with van der Waals surface area (Å²) in [4.78, 5) is 41.6. The molecule has 0 aromatic rings. The molecule has 2 N–H and O–H groups in total. The van der Waals surface area contributed by atoms with E-state index in [1.165, 1.54) is 51.4 Å². The quantitative estimate of drug-likeness (QED) is 0.0477. The Hall–Kier alpha value is -1.47. The first-order valence-electron chi connectivity index (χ1n) is 14.6. The van der Waals surface area contributed by atoms with E-state index < -0.39 is 32.5 Å². The van der Waals surface area contributed by atoms with E-state index in [0.29, 0.717) is 12.8 Å². The average molecular weight is 561 g/mol. The minimum absolute atomic E-state index is 0.203. The zero-order chi connectivity index (χ0) is 28.3. The molecule has 0 rings (SSSR count). The second-order valence-corrected chi connectivity index (χ2v) is 11.0. The van der Waals surface area contributed by atoms with Crippen LogP contribution in [0.1, 0.15) is 129 Å². The summed E-state index contributed by atoms with van der Waals surface area (Å²) in [5.74, 6) is -0.937. The van der Waals surface area contributed by atoms with Gasteiger partial charge in [-0.05, 0) is 44.9 Å². The third-order valence-corrected chi connectivity index (χ3v) is 6.46. The first kappa shape index (κ1) is 36.5. The van der Waals surface area contributed by atoms with Gasteiger partial charge in [0.15, 0.2) is 6.10 Å². The van der Waals surface area contributed by atoms with Crippen molar-refractivity contribution in [3.63, 3.8) is 0 Å². The average Bonchev–Trinajstić information content (AvgIpc) is 2.87. The lowest BCUT2D eigenvalue weighted by atomic mass is 10.1. The van der Waals surface area contributed by atoms with E-state index in [4.69, 9.17) is 19.3 Å². The lowest BCUT2D eigenvalue weighted by molar-refractivity contribution is -0.161. The Morgan fingerprint density at radius 3 is 1.79 bits per heavy atom. The van der Waals surface area contributed by atoms with Crippen molar-refractivity contribution in [2.75, 3.05) is 13.2 Å². The van der Waals surface area contributed by atoms with Gasteiger partial charge < -0.3 is 19.3 Å². The zero-order valence-corrected chi connectivity index (χ0v) is 24.7. The van der Waals surface area contributed by atoms with Crippen molar-refractivity contribution in [2.45, 2.75) is 136 Å². The van der Waals surface area contributed by atoms with Crippen molar-refractivity contribution in [2.24, 2.45) is 0 Å². The number of ether oxygens (including phenoxy) is 2. The number of phosphoric ester groups is 1. The Kier molecular flexibility index (Phi) is 24.8. The molecule has 0 aliphatic carbocycles. The van der Waals surface area contributed by atoms with Crippen molar-refractivity contribution in [1.29, 1.82) is 0 Å². The van der Waals surface area contributed by atoms with Crippen LogP contribution in [0.2, 0.25) is 0 Å². The van der Waals surface area contributed by atoms with E-state index in [0.717, 1.165) is 38.5 Å². The molecule has 9 heteroatoms. The number of rotatable bonds is 26. The van der Waals surface area contributed by atoms with Gasteiger partial charge in [-0.15, -0.1) is 0 Å². The molecular weight excluding hydrogens is 507 g/mol. The molecule has 1 unspecified atom stereocenters. The summed E-state index contributed by atoms with van der Waals surface area (Å²) in [5.41, 5.74) is 0. The van der Waals surface area contributed by atoms with Gasteiger partial charge in [-0.1, -0.05) is 95.9 Å². The van der Waals surface area contributed by atoms with Gasteiger partial charge in [-0.3, -0.25) is 14.1 Å². The standard InChI is InChI=1S/C29H53O8P/c1-3-5-7-8-9-10-11-12-13-14-15-16-17-18-19-20-21-22-24-29(31)37-27(26-36-38(32,33)34)25-35-28(30)23-6-4-2/h10-11,13-14,27H,3-9,12,15-26H2,1-2H3,(H2,32,33,34)/b11-10-,14-13-. The van der Waals surface area contributed by atoms with Crippen LogP contribution in [-0.2, 0) is 28.2 Å². The summed E-state index contributed by atoms with van der Waals surface area (Å²) in [6.07, 6.45) is 25.9. The lowest BCUT2D eigenvalue weighted by Gasteiger charge is -2.18. The molecule has 38 heavy (non-hydrogen) atoms. The van der Waals surface area contributed by atoms with Crippen molar-refractivity contribution in [3.8, 4) is 0 Å². The molecule has 0 fully saturated rings. The summed E-state index contributed by atoms with van der Waals surface area (Å²) in [6, 6.07) is 0. The minimum atomic E-state index is -4.72. The van der Waals surface area contributed by atoms with Gasteiger partial charge in [0.2, 0.25) is 0 Å². The topological polar surface area (TPSA) is 119 Å². The molecule has 0 radical (unpaired) electrons. The first-order chi connectivity index (χ1) is 18.3. The summed E-state index contributed by atoms with van der Waals surface area (Å²) in [7, 11) is -4.72. The molecule has 0 aromatic carbocycles. The Balaban J connectivity index is 3.85. The monoisotopic (exact) mass is 560 g/mol. The maximum atomic E-state index is 12.1. The number of hydrogen-bond acceptors (Lipinski definition) is 6. The normalized spacial score (nSPS) is 12.8. The molecule has 8 nitrogen and oxygen atoms in total. The van der Waals surface area contributed by atoms with Crippen molar-refractivity contribution >= 4 is 19.8 Å². The summed E-state index contributed by atoms with van der Waals surface area (Å²) >= 11 is 0. The maximum absolute atomic E-state index is 12.1. The Bertz CT molecular complexity index is 686. The summed E-state index contributed by atoms with van der Waals surface area (Å²) < 4.78 is 25.7. The third kappa shape index (κ3) is 27.6. The Morgan fingerprint density at radius 1 is 0.684 bits per heavy atom. The molecule has 0 spiro atoms. The van der Waals surface area contributed by atoms with E-state index in [9.17, 15) is 14.2 Å². The van der Waals surface area contributed by atoms with Crippen LogP contribution in [0.25, 0.3) is 0 Å². The van der Waals surface area contributed by atoms with Crippen LogP contribution < -0.4 is 0 Å². The van der Waals surface area contributed by atoms with E-state index in [1.807, 2.05) is 6.92 Å². The molecule has 0 aromatic heterocycles. The molecule has 0 aliphatic heterocycles. The predicted octanol–water partition coefficient (Wildman–Crippen LogP) is 7.72. The van der Waals surface area contributed by atoms with Gasteiger partial charge in [0, 0.05) is 12.8 Å². The molecule has 0 saturated heterocycles. The van der Waals surface area contributed by atoms with Crippen LogP contribution in [0.3, 0.4) is 0 Å². The fourth-order valence-corrected chi connectivity index (χ4v) is 4.09. The van der Waals surface area contributed by atoms with Gasteiger partial charge in [0.25, 0.3) is 0 Å². The number of carbonyl (C=O) groups excluding carboxylic acids is 2. The highest BCUT2D eigenvalue weighted by Crippen LogP contribution is 2.35. The number of phosphoric acid groups is 1. The van der Waals surface area contributed by atoms with Crippen LogP contribution in [0.5, 0.6) is 0 Å². The van der Waals surface area contributed by atoms with Gasteiger partial charge in [-0.2, -0.15) is 0 Å². The van der Waals surface area contributed by atoms with Gasteiger partial charge in [0.1, 0.15) is 6.61 Å². The molecule has 0 bridgehead atoms. The summed E-state index contributed by atoms with van der Waals surface area (Å²) in [6.45, 7) is 3.35. The van der Waals surface area contributed by atoms with Crippen LogP contribution in [0, 0.1) is 0 Å². The van der Waals surface area contributed by atoms with E-state index in [2.05, 4.69) is 35.8 Å². The first-order valence-corrected chi connectivity index (χ1v) is 16.2. The minimum Gasteiger partial charge on any atom is -0.462 e. The van der Waals surface area contributed by atoms with Crippen LogP contribution in [-0.4, -0.2) is 41.0 Å². The molecule has 0 saturated carbocycles.